The van der Waals surface area contributed by atoms with Crippen LogP contribution in [0.25, 0.3) is 5.57 Å². The molecule has 3 rings (SSSR count). The summed E-state index contributed by atoms with van der Waals surface area (Å²) in [4.78, 5) is 23.6. The molecule has 1 aromatic heterocycles. The van der Waals surface area contributed by atoms with Crippen LogP contribution in [0.3, 0.4) is 0 Å². The monoisotopic (exact) mass is 263 g/mol. The standard InChI is InChI=1S/C16H13N3O/c20-10-16(15-18-11-17-12-19-15)8-6-14(7-9-16)13-4-2-1-3-5-13/h1-8,10-12H,9H2. The summed E-state index contributed by atoms with van der Waals surface area (Å²) >= 11 is 0. The topological polar surface area (TPSA) is 55.7 Å². The van der Waals surface area contributed by atoms with Gasteiger partial charge in [-0.1, -0.05) is 48.6 Å². The molecule has 4 nitrogen and oxygen atoms in total. The minimum atomic E-state index is -0.777. The van der Waals surface area contributed by atoms with E-state index < -0.39 is 5.41 Å². The van der Waals surface area contributed by atoms with E-state index in [1.54, 1.807) is 0 Å². The van der Waals surface area contributed by atoms with Crippen LogP contribution in [0, 0.1) is 0 Å². The fourth-order valence-corrected chi connectivity index (χ4v) is 2.28. The van der Waals surface area contributed by atoms with Crippen molar-refractivity contribution in [3.05, 3.63) is 72.6 Å². The number of allylic oxidation sites excluding steroid dienone is 4. The fraction of sp³-hybridized carbons (Fsp3) is 0.125. The third-order valence-electron chi connectivity index (χ3n) is 3.45. The lowest BCUT2D eigenvalue weighted by Gasteiger charge is -2.24. The van der Waals surface area contributed by atoms with Gasteiger partial charge >= 0.3 is 0 Å². The van der Waals surface area contributed by atoms with Gasteiger partial charge in [0, 0.05) is 0 Å². The minimum absolute atomic E-state index is 0.488. The molecule has 1 aliphatic carbocycles. The Bertz CT molecular complexity index is 665. The molecule has 4 heteroatoms. The molecule has 1 atom stereocenters. The first-order chi connectivity index (χ1) is 9.84. The maximum atomic E-state index is 11.5. The summed E-state index contributed by atoms with van der Waals surface area (Å²) < 4.78 is 0. The van der Waals surface area contributed by atoms with E-state index in [-0.39, 0.29) is 0 Å². The Hall–Kier alpha value is -2.62. The molecule has 1 aromatic carbocycles. The zero-order valence-corrected chi connectivity index (χ0v) is 10.8. The van der Waals surface area contributed by atoms with E-state index in [0.717, 1.165) is 17.4 Å². The predicted octanol–water partition coefficient (Wildman–Crippen LogP) is 2.35. The third-order valence-corrected chi connectivity index (χ3v) is 3.45. The SMILES string of the molecule is O=CC1(c2ncncn2)C=CC(c2ccccc2)=CC1. The number of aldehydes is 1. The van der Waals surface area contributed by atoms with Crippen molar-refractivity contribution in [3.8, 4) is 0 Å². The van der Waals surface area contributed by atoms with Crippen molar-refractivity contribution in [1.29, 1.82) is 0 Å². The van der Waals surface area contributed by atoms with Crippen LogP contribution >= 0.6 is 0 Å². The van der Waals surface area contributed by atoms with Gasteiger partial charge in [-0.05, 0) is 17.6 Å². The first-order valence-electron chi connectivity index (χ1n) is 6.38. The summed E-state index contributed by atoms with van der Waals surface area (Å²) in [5.74, 6) is 0.488. The van der Waals surface area contributed by atoms with E-state index in [0.29, 0.717) is 12.2 Å². The van der Waals surface area contributed by atoms with Crippen LogP contribution in [0.1, 0.15) is 17.8 Å². The molecule has 0 saturated heterocycles. The van der Waals surface area contributed by atoms with Crippen LogP contribution in [-0.4, -0.2) is 21.2 Å². The largest absolute Gasteiger partial charge is 0.302 e. The van der Waals surface area contributed by atoms with Gasteiger partial charge in [0.15, 0.2) is 0 Å². The number of hydrogen-bond acceptors (Lipinski definition) is 4. The van der Waals surface area contributed by atoms with Crippen LogP contribution in [0.4, 0.5) is 0 Å². The van der Waals surface area contributed by atoms with Gasteiger partial charge in [0.2, 0.25) is 0 Å². The van der Waals surface area contributed by atoms with Gasteiger partial charge < -0.3 is 4.79 Å². The van der Waals surface area contributed by atoms with Gasteiger partial charge in [0.05, 0.1) is 0 Å². The molecule has 2 aromatic rings. The summed E-state index contributed by atoms with van der Waals surface area (Å²) in [6.45, 7) is 0. The van der Waals surface area contributed by atoms with Gasteiger partial charge in [-0.15, -0.1) is 0 Å². The third kappa shape index (κ3) is 2.16. The predicted molar refractivity (Wildman–Crippen MR) is 75.7 cm³/mol. The number of rotatable bonds is 3. The van der Waals surface area contributed by atoms with Crippen molar-refractivity contribution < 1.29 is 4.79 Å². The first kappa shape index (κ1) is 12.4. The van der Waals surface area contributed by atoms with Crippen molar-refractivity contribution >= 4 is 11.9 Å². The molecular weight excluding hydrogens is 250 g/mol. The zero-order valence-electron chi connectivity index (χ0n) is 10.8. The van der Waals surface area contributed by atoms with Crippen LogP contribution in [0.2, 0.25) is 0 Å². The Morgan fingerprint density at radius 2 is 1.85 bits per heavy atom. The average molecular weight is 263 g/mol. The number of hydrogen-bond donors (Lipinski definition) is 0. The Labute approximate surface area is 116 Å². The molecule has 0 amide bonds. The number of benzene rings is 1. The van der Waals surface area contributed by atoms with Gasteiger partial charge in [-0.2, -0.15) is 0 Å². The number of aromatic nitrogens is 3. The maximum absolute atomic E-state index is 11.5. The summed E-state index contributed by atoms with van der Waals surface area (Å²) in [7, 11) is 0. The summed E-state index contributed by atoms with van der Waals surface area (Å²) in [5, 5.41) is 0. The molecule has 0 fully saturated rings. The normalized spacial score (nSPS) is 21.3. The molecule has 1 unspecified atom stereocenters. The minimum Gasteiger partial charge on any atom is -0.302 e. The molecular formula is C16H13N3O. The molecule has 0 saturated carbocycles. The van der Waals surface area contributed by atoms with Crippen LogP contribution in [0.5, 0.6) is 0 Å². The van der Waals surface area contributed by atoms with Gasteiger partial charge in [-0.25, -0.2) is 15.0 Å². The number of carbonyl (C=O) groups excluding carboxylic acids is 1. The summed E-state index contributed by atoms with van der Waals surface area (Å²) in [6, 6.07) is 10.1. The van der Waals surface area contributed by atoms with Crippen molar-refractivity contribution in [2.75, 3.05) is 0 Å². The molecule has 0 bridgehead atoms. The van der Waals surface area contributed by atoms with Gasteiger partial charge in [0.1, 0.15) is 30.2 Å². The van der Waals surface area contributed by atoms with Crippen molar-refractivity contribution in [3.63, 3.8) is 0 Å². The molecule has 98 valence electrons. The van der Waals surface area contributed by atoms with Crippen molar-refractivity contribution in [2.45, 2.75) is 11.8 Å². The van der Waals surface area contributed by atoms with E-state index in [4.69, 9.17) is 0 Å². The molecule has 1 heterocycles. The second kappa shape index (κ2) is 5.17. The Balaban J connectivity index is 1.93. The molecule has 0 aliphatic heterocycles. The Kier molecular flexibility index (Phi) is 3.21. The van der Waals surface area contributed by atoms with E-state index in [1.807, 2.05) is 48.6 Å². The van der Waals surface area contributed by atoms with Crippen LogP contribution in [-0.2, 0) is 10.2 Å². The zero-order chi connectivity index (χ0) is 13.8. The van der Waals surface area contributed by atoms with E-state index in [9.17, 15) is 4.79 Å². The second-order valence-corrected chi connectivity index (χ2v) is 4.68. The maximum Gasteiger partial charge on any atom is 0.149 e. The smallest absolute Gasteiger partial charge is 0.149 e. The lowest BCUT2D eigenvalue weighted by Crippen LogP contribution is -2.29. The second-order valence-electron chi connectivity index (χ2n) is 4.68. The molecule has 20 heavy (non-hydrogen) atoms. The summed E-state index contributed by atoms with van der Waals surface area (Å²) in [5.41, 5.74) is 1.47. The molecule has 0 spiro atoms. The van der Waals surface area contributed by atoms with E-state index >= 15 is 0 Å². The Morgan fingerprint density at radius 3 is 2.45 bits per heavy atom. The molecule has 0 N–H and O–H groups in total. The number of carbonyl (C=O) groups is 1. The lowest BCUT2D eigenvalue weighted by molar-refractivity contribution is -0.111. The first-order valence-corrected chi connectivity index (χ1v) is 6.38. The van der Waals surface area contributed by atoms with E-state index in [1.165, 1.54) is 12.7 Å². The van der Waals surface area contributed by atoms with Crippen molar-refractivity contribution in [2.24, 2.45) is 0 Å². The average Bonchev–Trinajstić information content (AvgIpc) is 2.56. The highest BCUT2D eigenvalue weighted by Crippen LogP contribution is 2.32. The number of nitrogens with zero attached hydrogens (tertiary/aromatic N) is 3. The van der Waals surface area contributed by atoms with E-state index in [2.05, 4.69) is 15.0 Å². The van der Waals surface area contributed by atoms with Crippen LogP contribution in [0.15, 0.2) is 61.2 Å². The van der Waals surface area contributed by atoms with Gasteiger partial charge in [0.25, 0.3) is 0 Å². The summed E-state index contributed by atoms with van der Waals surface area (Å²) in [6.07, 6.45) is 10.2. The van der Waals surface area contributed by atoms with Crippen molar-refractivity contribution in [1.82, 2.24) is 15.0 Å². The lowest BCUT2D eigenvalue weighted by atomic mass is 9.79. The fourth-order valence-electron chi connectivity index (χ4n) is 2.28. The quantitative estimate of drug-likeness (QED) is 0.798. The highest BCUT2D eigenvalue weighted by atomic mass is 16.1. The highest BCUT2D eigenvalue weighted by molar-refractivity contribution is 5.81. The molecule has 1 aliphatic rings. The van der Waals surface area contributed by atoms with Gasteiger partial charge in [-0.3, -0.25) is 0 Å². The molecule has 0 radical (unpaired) electrons. The Morgan fingerprint density at radius 1 is 1.10 bits per heavy atom. The van der Waals surface area contributed by atoms with Crippen LogP contribution < -0.4 is 0 Å². The highest BCUT2D eigenvalue weighted by Gasteiger charge is 2.33.